The molecule has 1 aromatic heterocycles. The molecule has 0 spiro atoms. The van der Waals surface area contributed by atoms with E-state index in [1.54, 1.807) is 6.20 Å². The summed E-state index contributed by atoms with van der Waals surface area (Å²) in [7, 11) is 0. The summed E-state index contributed by atoms with van der Waals surface area (Å²) in [5.41, 5.74) is 0.353. The van der Waals surface area contributed by atoms with Crippen molar-refractivity contribution in [2.75, 3.05) is 18.0 Å². The fourth-order valence-corrected chi connectivity index (χ4v) is 2.56. The Hall–Kier alpha value is -1.71. The molecule has 128 valence electrons. The molecule has 1 fully saturated rings. The summed E-state index contributed by atoms with van der Waals surface area (Å²) in [6, 6.07) is 1.54. The number of pyridine rings is 1. The van der Waals surface area contributed by atoms with E-state index in [1.165, 1.54) is 12.3 Å². The number of carbonyl (C=O) groups is 2. The SMILES string of the molecule is CC(C)(C)OC(=O)NC1CCN(c2cnccc2C(=O)O)CC1.[H-].[Li+]. The molecule has 0 bridgehead atoms. The second kappa shape index (κ2) is 8.40. The Morgan fingerprint density at radius 2 is 2.00 bits per heavy atom. The first-order valence-electron chi connectivity index (χ1n) is 7.68. The van der Waals surface area contributed by atoms with E-state index >= 15 is 0 Å². The Bertz CT molecular complexity index is 587. The standard InChI is InChI=1S/C16H23N3O4.Li.H/c1-16(2,3)23-15(22)18-11-5-8-19(9-6-11)13-10-17-7-4-12(13)14(20)21;;/h4,7,10-11H,5-6,8-9H2,1-3H3,(H,18,22)(H,20,21);;/q;+1;-1. The van der Waals surface area contributed by atoms with Crippen molar-refractivity contribution in [3.05, 3.63) is 24.0 Å². The van der Waals surface area contributed by atoms with E-state index in [2.05, 4.69) is 10.3 Å². The maximum absolute atomic E-state index is 11.8. The first kappa shape index (κ1) is 20.3. The zero-order valence-electron chi connectivity index (χ0n) is 15.7. The molecule has 2 N–H and O–H groups in total. The van der Waals surface area contributed by atoms with Crippen LogP contribution in [0.3, 0.4) is 0 Å². The molecule has 0 unspecified atom stereocenters. The monoisotopic (exact) mass is 329 g/mol. The van der Waals surface area contributed by atoms with Gasteiger partial charge in [0, 0.05) is 25.3 Å². The second-order valence-corrected chi connectivity index (χ2v) is 6.61. The van der Waals surface area contributed by atoms with Crippen LogP contribution in [0.1, 0.15) is 45.4 Å². The normalized spacial score (nSPS) is 15.4. The number of hydrogen-bond acceptors (Lipinski definition) is 5. The Balaban J connectivity index is 0.00000288. The van der Waals surface area contributed by atoms with Crippen LogP contribution in [0.25, 0.3) is 0 Å². The van der Waals surface area contributed by atoms with Crippen LogP contribution in [0.2, 0.25) is 0 Å². The molecule has 2 heterocycles. The second-order valence-electron chi connectivity index (χ2n) is 6.61. The van der Waals surface area contributed by atoms with Crippen molar-refractivity contribution in [3.8, 4) is 0 Å². The van der Waals surface area contributed by atoms with Crippen molar-refractivity contribution in [2.24, 2.45) is 0 Å². The first-order valence-corrected chi connectivity index (χ1v) is 7.68. The van der Waals surface area contributed by atoms with Crippen molar-refractivity contribution in [3.63, 3.8) is 0 Å². The number of aromatic carboxylic acids is 1. The van der Waals surface area contributed by atoms with Crippen molar-refractivity contribution in [1.82, 2.24) is 10.3 Å². The van der Waals surface area contributed by atoms with Crippen LogP contribution in [0.4, 0.5) is 10.5 Å². The van der Waals surface area contributed by atoms with Gasteiger partial charge >= 0.3 is 30.9 Å². The van der Waals surface area contributed by atoms with E-state index in [9.17, 15) is 14.7 Å². The van der Waals surface area contributed by atoms with Crippen molar-refractivity contribution < 1.29 is 39.7 Å². The molecule has 1 aromatic rings. The number of ether oxygens (including phenoxy) is 1. The molecule has 0 aromatic carbocycles. The van der Waals surface area contributed by atoms with Gasteiger partial charge in [-0.05, 0) is 39.7 Å². The molecule has 0 saturated carbocycles. The van der Waals surface area contributed by atoms with Crippen LogP contribution in [0.15, 0.2) is 18.5 Å². The molecule has 0 atom stereocenters. The Kier molecular flexibility index (Phi) is 7.12. The minimum atomic E-state index is -0.962. The van der Waals surface area contributed by atoms with Gasteiger partial charge in [0.05, 0.1) is 17.4 Å². The summed E-state index contributed by atoms with van der Waals surface area (Å²) >= 11 is 0. The van der Waals surface area contributed by atoms with Crippen LogP contribution in [0, 0.1) is 0 Å². The summed E-state index contributed by atoms with van der Waals surface area (Å²) < 4.78 is 5.25. The van der Waals surface area contributed by atoms with Gasteiger partial charge in [0.1, 0.15) is 5.60 Å². The number of nitrogens with zero attached hydrogens (tertiary/aromatic N) is 2. The van der Waals surface area contributed by atoms with Crippen LogP contribution >= 0.6 is 0 Å². The molecule has 1 saturated heterocycles. The number of aromatic nitrogens is 1. The van der Waals surface area contributed by atoms with Gasteiger partial charge in [-0.1, -0.05) is 0 Å². The van der Waals surface area contributed by atoms with E-state index in [0.717, 1.165) is 12.8 Å². The van der Waals surface area contributed by atoms with Crippen LogP contribution in [-0.2, 0) is 4.74 Å². The number of carbonyl (C=O) groups excluding carboxylic acids is 1. The zero-order valence-corrected chi connectivity index (χ0v) is 14.7. The predicted octanol–water partition coefficient (Wildman–Crippen LogP) is -0.610. The minimum absolute atomic E-state index is 0. The number of carboxylic acid groups (broad SMARTS) is 1. The molecule has 1 aliphatic heterocycles. The van der Waals surface area contributed by atoms with Gasteiger partial charge in [0.15, 0.2) is 0 Å². The number of piperidine rings is 1. The number of rotatable bonds is 3. The molecular weight excluding hydrogens is 305 g/mol. The van der Waals surface area contributed by atoms with Gasteiger partial charge in [0.2, 0.25) is 0 Å². The predicted molar refractivity (Wildman–Crippen MR) is 86.9 cm³/mol. The zero-order chi connectivity index (χ0) is 17.0. The summed E-state index contributed by atoms with van der Waals surface area (Å²) in [5.74, 6) is -0.962. The minimum Gasteiger partial charge on any atom is -1.00 e. The molecule has 24 heavy (non-hydrogen) atoms. The summed E-state index contributed by atoms with van der Waals surface area (Å²) in [4.78, 5) is 29.1. The fraction of sp³-hybridized carbons (Fsp3) is 0.562. The quantitative estimate of drug-likeness (QED) is 0.719. The average Bonchev–Trinajstić information content (AvgIpc) is 2.46. The topological polar surface area (TPSA) is 91.8 Å². The van der Waals surface area contributed by atoms with Gasteiger partial charge in [-0.15, -0.1) is 0 Å². The van der Waals surface area contributed by atoms with Gasteiger partial charge in [-0.2, -0.15) is 0 Å². The maximum Gasteiger partial charge on any atom is 1.00 e. The molecule has 2 rings (SSSR count). The van der Waals surface area contributed by atoms with Crippen LogP contribution < -0.4 is 29.1 Å². The average molecular weight is 329 g/mol. The number of anilines is 1. The molecule has 0 aliphatic carbocycles. The molecule has 0 radical (unpaired) electrons. The molecule has 8 heteroatoms. The molecule has 1 amide bonds. The number of carboxylic acids is 1. The Labute approximate surface area is 155 Å². The summed E-state index contributed by atoms with van der Waals surface area (Å²) in [6.45, 7) is 6.79. The van der Waals surface area contributed by atoms with Crippen molar-refractivity contribution >= 4 is 17.7 Å². The van der Waals surface area contributed by atoms with Crippen molar-refractivity contribution in [2.45, 2.75) is 45.3 Å². The molecule has 7 nitrogen and oxygen atoms in total. The largest absolute Gasteiger partial charge is 1.00 e. The molecule has 1 aliphatic rings. The van der Waals surface area contributed by atoms with Gasteiger partial charge < -0.3 is 21.5 Å². The van der Waals surface area contributed by atoms with E-state index in [-0.39, 0.29) is 31.9 Å². The van der Waals surface area contributed by atoms with Crippen LogP contribution in [-0.4, -0.2) is 46.9 Å². The van der Waals surface area contributed by atoms with E-state index in [4.69, 9.17) is 4.74 Å². The van der Waals surface area contributed by atoms with Gasteiger partial charge in [0.25, 0.3) is 0 Å². The summed E-state index contributed by atoms with van der Waals surface area (Å²) in [5, 5.41) is 12.1. The van der Waals surface area contributed by atoms with E-state index < -0.39 is 17.7 Å². The smallest absolute Gasteiger partial charge is 1.00 e. The Morgan fingerprint density at radius 3 is 2.54 bits per heavy atom. The number of nitrogens with one attached hydrogen (secondary N) is 1. The third-order valence-electron chi connectivity index (χ3n) is 3.59. The third-order valence-corrected chi connectivity index (χ3v) is 3.59. The third kappa shape index (κ3) is 5.73. The maximum atomic E-state index is 11.8. The number of amides is 1. The fourth-order valence-electron chi connectivity index (χ4n) is 2.56. The van der Waals surface area contributed by atoms with Gasteiger partial charge in [-0.3, -0.25) is 4.98 Å². The Morgan fingerprint density at radius 1 is 1.38 bits per heavy atom. The van der Waals surface area contributed by atoms with E-state index in [0.29, 0.717) is 18.8 Å². The van der Waals surface area contributed by atoms with E-state index in [1.807, 2.05) is 25.7 Å². The molecular formula is C16H24LiN3O4. The first-order chi connectivity index (χ1) is 10.8. The van der Waals surface area contributed by atoms with Crippen molar-refractivity contribution in [1.29, 1.82) is 0 Å². The van der Waals surface area contributed by atoms with Crippen LogP contribution in [0.5, 0.6) is 0 Å². The van der Waals surface area contributed by atoms with Gasteiger partial charge in [-0.25, -0.2) is 9.59 Å². The number of hydrogen-bond donors (Lipinski definition) is 2. The summed E-state index contributed by atoms with van der Waals surface area (Å²) in [6.07, 6.45) is 4.10. The number of alkyl carbamates (subject to hydrolysis) is 1.